The zero-order chi connectivity index (χ0) is 35.1. The summed E-state index contributed by atoms with van der Waals surface area (Å²) in [5.74, 6) is -1.52. The van der Waals surface area contributed by atoms with E-state index in [1.165, 1.54) is 0 Å². The van der Waals surface area contributed by atoms with E-state index in [4.69, 9.17) is 57.2 Å². The van der Waals surface area contributed by atoms with Crippen LogP contribution in [0.2, 0.25) is 0 Å². The number of nitrogens with one attached hydrogen (secondary N) is 1. The molecule has 0 aliphatic carbocycles. The molecule has 0 aromatic heterocycles. The predicted molar refractivity (Wildman–Crippen MR) is 176 cm³/mol. The van der Waals surface area contributed by atoms with Crippen LogP contribution in [0.15, 0.2) is 30.3 Å². The molecular weight excluding hydrogens is 650 g/mol. The van der Waals surface area contributed by atoms with Gasteiger partial charge in [-0.15, -0.1) is 0 Å². The topological polar surface area (TPSA) is 177 Å². The summed E-state index contributed by atoms with van der Waals surface area (Å²) in [7, 11) is 0. The van der Waals surface area contributed by atoms with Crippen molar-refractivity contribution in [3.8, 4) is 0 Å². The Hall–Kier alpha value is -2.32. The molecule has 1 aromatic rings. The molecule has 0 saturated heterocycles. The number of carboxylic acids is 1. The van der Waals surface area contributed by atoms with Crippen LogP contribution in [0.4, 0.5) is 0 Å². The van der Waals surface area contributed by atoms with E-state index in [9.17, 15) is 9.59 Å². The first-order chi connectivity index (χ1) is 24.2. The van der Waals surface area contributed by atoms with E-state index in [0.29, 0.717) is 152 Å². The lowest BCUT2D eigenvalue weighted by Gasteiger charge is -2.09. The number of ether oxygens (including phenoxy) is 12. The Balaban J connectivity index is 1.63. The van der Waals surface area contributed by atoms with E-state index >= 15 is 0 Å². The van der Waals surface area contributed by atoms with Gasteiger partial charge < -0.3 is 67.3 Å². The van der Waals surface area contributed by atoms with Gasteiger partial charge in [0.2, 0.25) is 5.91 Å². The average molecular weight is 708 g/mol. The zero-order valence-corrected chi connectivity index (χ0v) is 28.7. The molecule has 0 aliphatic heterocycles. The minimum Gasteiger partial charge on any atom is -0.480 e. The quantitative estimate of drug-likeness (QED) is 0.0909. The maximum absolute atomic E-state index is 11.4. The Labute approximate surface area is 289 Å². The van der Waals surface area contributed by atoms with Crippen LogP contribution in [0.25, 0.3) is 0 Å². The molecular formula is C33H57NO15. The first kappa shape index (κ1) is 44.7. The van der Waals surface area contributed by atoms with Crippen LogP contribution in [-0.4, -0.2) is 175 Å². The maximum atomic E-state index is 11.4. The van der Waals surface area contributed by atoms with Gasteiger partial charge in [0.15, 0.2) is 0 Å². The van der Waals surface area contributed by atoms with Crippen LogP contribution in [-0.2, 0) is 73.0 Å². The highest BCUT2D eigenvalue weighted by Crippen LogP contribution is 2.00. The Morgan fingerprint density at radius 1 is 0.429 bits per heavy atom. The SMILES string of the molecule is O=C(O)COCC(=O)NCCOCCOCCOCCOCCOCCOCCOCCOCCOCCOCCOCc1ccccc1. The van der Waals surface area contributed by atoms with Gasteiger partial charge in [0, 0.05) is 6.54 Å². The molecule has 1 amide bonds. The van der Waals surface area contributed by atoms with Gasteiger partial charge in [-0.05, 0) is 5.56 Å². The molecule has 0 spiro atoms. The van der Waals surface area contributed by atoms with Gasteiger partial charge in [-0.2, -0.15) is 0 Å². The van der Waals surface area contributed by atoms with E-state index in [-0.39, 0.29) is 6.61 Å². The third kappa shape index (κ3) is 35.3. The largest absolute Gasteiger partial charge is 0.480 e. The average Bonchev–Trinajstić information content (AvgIpc) is 3.10. The second kappa shape index (κ2) is 36.9. The third-order valence-electron chi connectivity index (χ3n) is 5.86. The lowest BCUT2D eigenvalue weighted by atomic mass is 10.2. The lowest BCUT2D eigenvalue weighted by molar-refractivity contribution is -0.143. The van der Waals surface area contributed by atoms with Crippen LogP contribution >= 0.6 is 0 Å². The van der Waals surface area contributed by atoms with E-state index in [1.807, 2.05) is 30.3 Å². The fraction of sp³-hybridized carbons (Fsp3) is 0.758. The summed E-state index contributed by atoms with van der Waals surface area (Å²) in [6.45, 7) is 10.0. The van der Waals surface area contributed by atoms with Crippen LogP contribution in [0.3, 0.4) is 0 Å². The molecule has 0 bridgehead atoms. The number of rotatable bonds is 39. The van der Waals surface area contributed by atoms with E-state index in [0.717, 1.165) is 5.56 Å². The second-order valence-electron chi connectivity index (χ2n) is 9.90. The molecule has 0 atom stereocenters. The minimum atomic E-state index is -1.12. The van der Waals surface area contributed by atoms with Gasteiger partial charge in [0.1, 0.15) is 13.2 Å². The molecule has 2 N–H and O–H groups in total. The van der Waals surface area contributed by atoms with E-state index in [2.05, 4.69) is 10.1 Å². The summed E-state index contributed by atoms with van der Waals surface area (Å²) in [5.41, 5.74) is 1.15. The monoisotopic (exact) mass is 707 g/mol. The van der Waals surface area contributed by atoms with Crippen LogP contribution in [0.1, 0.15) is 5.56 Å². The summed E-state index contributed by atoms with van der Waals surface area (Å²) in [5, 5.41) is 11.0. The van der Waals surface area contributed by atoms with Gasteiger partial charge >= 0.3 is 5.97 Å². The molecule has 1 rings (SSSR count). The molecule has 16 nitrogen and oxygen atoms in total. The summed E-state index contributed by atoms with van der Waals surface area (Å²) < 4.78 is 64.7. The Morgan fingerprint density at radius 3 is 1.10 bits per heavy atom. The Kier molecular flexibility index (Phi) is 33.7. The van der Waals surface area contributed by atoms with Gasteiger partial charge in [-0.3, -0.25) is 4.79 Å². The molecule has 1 aromatic carbocycles. The smallest absolute Gasteiger partial charge is 0.329 e. The number of aliphatic carboxylic acids is 1. The highest BCUT2D eigenvalue weighted by atomic mass is 16.6. The highest BCUT2D eigenvalue weighted by Gasteiger charge is 2.03. The Morgan fingerprint density at radius 2 is 0.755 bits per heavy atom. The van der Waals surface area contributed by atoms with Crippen molar-refractivity contribution < 1.29 is 71.5 Å². The fourth-order valence-corrected chi connectivity index (χ4v) is 3.51. The van der Waals surface area contributed by atoms with Gasteiger partial charge in [-0.25, -0.2) is 4.79 Å². The van der Waals surface area contributed by atoms with Crippen molar-refractivity contribution in [3.05, 3.63) is 35.9 Å². The number of amides is 1. The molecule has 0 fully saturated rings. The standard InChI is InChI=1S/C33H57NO15/c35-32(29-49-30-33(36)37)34-6-7-38-8-9-39-10-11-40-12-13-41-14-15-42-16-17-43-18-19-44-20-21-45-22-23-46-24-25-47-26-27-48-28-31-4-2-1-3-5-31/h1-5H,6-30H2,(H,34,35)(H,36,37). The summed E-state index contributed by atoms with van der Waals surface area (Å²) >= 11 is 0. The molecule has 0 unspecified atom stereocenters. The highest BCUT2D eigenvalue weighted by molar-refractivity contribution is 5.77. The molecule has 284 valence electrons. The van der Waals surface area contributed by atoms with E-state index < -0.39 is 18.5 Å². The minimum absolute atomic E-state index is 0.300. The first-order valence-electron chi connectivity index (χ1n) is 16.6. The molecule has 0 heterocycles. The Bertz CT molecular complexity index is 853. The van der Waals surface area contributed by atoms with Crippen molar-refractivity contribution in [1.29, 1.82) is 0 Å². The van der Waals surface area contributed by atoms with Crippen molar-refractivity contribution in [2.75, 3.05) is 159 Å². The number of carbonyl (C=O) groups is 2. The van der Waals surface area contributed by atoms with Gasteiger partial charge in [0.25, 0.3) is 0 Å². The lowest BCUT2D eigenvalue weighted by Crippen LogP contribution is -2.31. The van der Waals surface area contributed by atoms with Gasteiger partial charge in [-0.1, -0.05) is 30.3 Å². The number of carboxylic acid groups (broad SMARTS) is 1. The third-order valence-corrected chi connectivity index (χ3v) is 5.86. The van der Waals surface area contributed by atoms with Crippen molar-refractivity contribution in [1.82, 2.24) is 5.32 Å². The van der Waals surface area contributed by atoms with Crippen molar-refractivity contribution in [2.45, 2.75) is 6.61 Å². The number of benzene rings is 1. The predicted octanol–water partition coefficient (Wildman–Crippen LogP) is 0.587. The summed E-state index contributed by atoms with van der Waals surface area (Å²) in [4.78, 5) is 21.6. The fourth-order valence-electron chi connectivity index (χ4n) is 3.51. The molecule has 16 heteroatoms. The van der Waals surface area contributed by atoms with Gasteiger partial charge in [0.05, 0.1) is 145 Å². The number of hydrogen-bond acceptors (Lipinski definition) is 14. The molecule has 49 heavy (non-hydrogen) atoms. The summed E-state index contributed by atoms with van der Waals surface area (Å²) in [6.07, 6.45) is 0. The van der Waals surface area contributed by atoms with Crippen molar-refractivity contribution in [3.63, 3.8) is 0 Å². The summed E-state index contributed by atoms with van der Waals surface area (Å²) in [6, 6.07) is 10.0. The van der Waals surface area contributed by atoms with Crippen molar-refractivity contribution in [2.24, 2.45) is 0 Å². The second-order valence-corrected chi connectivity index (χ2v) is 9.90. The van der Waals surface area contributed by atoms with Crippen molar-refractivity contribution >= 4 is 11.9 Å². The molecule has 0 saturated carbocycles. The molecule has 0 radical (unpaired) electrons. The number of carbonyl (C=O) groups excluding carboxylic acids is 1. The maximum Gasteiger partial charge on any atom is 0.329 e. The van der Waals surface area contributed by atoms with Crippen LogP contribution in [0, 0.1) is 0 Å². The zero-order valence-electron chi connectivity index (χ0n) is 28.7. The number of hydrogen-bond donors (Lipinski definition) is 2. The van der Waals surface area contributed by atoms with Crippen LogP contribution < -0.4 is 5.32 Å². The molecule has 0 aliphatic rings. The van der Waals surface area contributed by atoms with E-state index in [1.54, 1.807) is 0 Å². The van der Waals surface area contributed by atoms with Crippen LogP contribution in [0.5, 0.6) is 0 Å². The normalized spacial score (nSPS) is 11.3. The first-order valence-corrected chi connectivity index (χ1v) is 16.6.